The molecular weight excluding hydrogens is 260 g/mol. The van der Waals surface area contributed by atoms with Crippen molar-refractivity contribution < 1.29 is 4.79 Å². The maximum Gasteiger partial charge on any atom is 0.236 e. The molecule has 6 heteroatoms. The van der Waals surface area contributed by atoms with Crippen LogP contribution in [0.5, 0.6) is 0 Å². The normalized spacial score (nSPS) is 20.2. The molecule has 1 fully saturated rings. The zero-order valence-corrected chi connectivity index (χ0v) is 13.3. The number of carbonyl (C=O) groups is 1. The molecule has 5 nitrogen and oxygen atoms in total. The second-order valence-corrected chi connectivity index (χ2v) is 6.50. The van der Waals surface area contributed by atoms with Crippen molar-refractivity contribution in [2.45, 2.75) is 25.8 Å². The van der Waals surface area contributed by atoms with Gasteiger partial charge in [-0.05, 0) is 20.9 Å². The molecule has 0 saturated carbocycles. The SMILES string of the molecule is CN(CCC(N)=S)C(=O)CN1CCN(C)C(C)(C)C1. The Balaban J connectivity index is 2.42. The average molecular weight is 286 g/mol. The Morgan fingerprint density at radius 2 is 2.05 bits per heavy atom. The first kappa shape index (κ1) is 16.3. The van der Waals surface area contributed by atoms with Gasteiger partial charge in [-0.25, -0.2) is 0 Å². The summed E-state index contributed by atoms with van der Waals surface area (Å²) < 4.78 is 0. The van der Waals surface area contributed by atoms with Crippen LogP contribution in [0.25, 0.3) is 0 Å². The number of carbonyl (C=O) groups excluding carboxylic acids is 1. The molecular formula is C13H26N4OS. The number of nitrogens with zero attached hydrogens (tertiary/aromatic N) is 3. The Morgan fingerprint density at radius 3 is 2.58 bits per heavy atom. The Hall–Kier alpha value is -0.720. The van der Waals surface area contributed by atoms with Crippen molar-refractivity contribution in [2.24, 2.45) is 5.73 Å². The van der Waals surface area contributed by atoms with Gasteiger partial charge in [-0.2, -0.15) is 0 Å². The first-order valence-electron chi connectivity index (χ1n) is 6.68. The number of nitrogens with two attached hydrogens (primary N) is 1. The van der Waals surface area contributed by atoms with Crippen molar-refractivity contribution in [3.63, 3.8) is 0 Å². The van der Waals surface area contributed by atoms with E-state index < -0.39 is 0 Å². The van der Waals surface area contributed by atoms with Gasteiger partial charge in [0.1, 0.15) is 0 Å². The van der Waals surface area contributed by atoms with Gasteiger partial charge in [0.15, 0.2) is 0 Å². The largest absolute Gasteiger partial charge is 0.393 e. The fourth-order valence-electron chi connectivity index (χ4n) is 2.19. The van der Waals surface area contributed by atoms with Gasteiger partial charge in [0.2, 0.25) is 5.91 Å². The highest BCUT2D eigenvalue weighted by Crippen LogP contribution is 2.18. The van der Waals surface area contributed by atoms with Crippen LogP contribution < -0.4 is 5.73 Å². The molecule has 1 saturated heterocycles. The van der Waals surface area contributed by atoms with Crippen LogP contribution in [0.4, 0.5) is 0 Å². The van der Waals surface area contributed by atoms with Crippen LogP contribution in [0.3, 0.4) is 0 Å². The second-order valence-electron chi connectivity index (χ2n) is 5.98. The molecule has 0 radical (unpaired) electrons. The minimum Gasteiger partial charge on any atom is -0.393 e. The molecule has 0 spiro atoms. The minimum absolute atomic E-state index is 0.121. The van der Waals surface area contributed by atoms with Gasteiger partial charge in [-0.3, -0.25) is 14.6 Å². The third kappa shape index (κ3) is 5.04. The van der Waals surface area contributed by atoms with Crippen LogP contribution in [0.15, 0.2) is 0 Å². The van der Waals surface area contributed by atoms with Gasteiger partial charge < -0.3 is 10.6 Å². The molecule has 0 aromatic heterocycles. The number of piperazine rings is 1. The maximum atomic E-state index is 12.1. The molecule has 19 heavy (non-hydrogen) atoms. The fourth-order valence-corrected chi connectivity index (χ4v) is 2.28. The molecule has 0 atom stereocenters. The lowest BCUT2D eigenvalue weighted by molar-refractivity contribution is -0.132. The van der Waals surface area contributed by atoms with Gasteiger partial charge in [-0.15, -0.1) is 0 Å². The van der Waals surface area contributed by atoms with E-state index in [4.69, 9.17) is 18.0 Å². The highest BCUT2D eigenvalue weighted by Gasteiger charge is 2.31. The molecule has 1 heterocycles. The average Bonchev–Trinajstić information content (AvgIpc) is 2.30. The smallest absolute Gasteiger partial charge is 0.236 e. The van der Waals surface area contributed by atoms with Crippen molar-refractivity contribution in [3.05, 3.63) is 0 Å². The Kier molecular flexibility index (Phi) is 5.70. The molecule has 0 unspecified atom stereocenters. The van der Waals surface area contributed by atoms with E-state index in [0.717, 1.165) is 19.6 Å². The summed E-state index contributed by atoms with van der Waals surface area (Å²) in [5, 5.41) is 0. The molecule has 1 rings (SSSR count). The maximum absolute atomic E-state index is 12.1. The van der Waals surface area contributed by atoms with E-state index in [0.29, 0.717) is 24.5 Å². The van der Waals surface area contributed by atoms with E-state index >= 15 is 0 Å². The summed E-state index contributed by atoms with van der Waals surface area (Å²) in [5.74, 6) is 0.136. The van der Waals surface area contributed by atoms with Gasteiger partial charge >= 0.3 is 0 Å². The van der Waals surface area contributed by atoms with Gasteiger partial charge in [0, 0.05) is 45.2 Å². The molecule has 1 amide bonds. The molecule has 0 aromatic carbocycles. The summed E-state index contributed by atoms with van der Waals surface area (Å²) in [6, 6.07) is 0. The lowest BCUT2D eigenvalue weighted by Crippen LogP contribution is -2.59. The van der Waals surface area contributed by atoms with E-state index in [1.54, 1.807) is 4.90 Å². The van der Waals surface area contributed by atoms with Crippen molar-refractivity contribution in [3.8, 4) is 0 Å². The summed E-state index contributed by atoms with van der Waals surface area (Å²) in [6.45, 7) is 8.35. The van der Waals surface area contributed by atoms with E-state index in [9.17, 15) is 4.79 Å². The van der Waals surface area contributed by atoms with Gasteiger partial charge in [-0.1, -0.05) is 12.2 Å². The summed E-state index contributed by atoms with van der Waals surface area (Å²) in [6.07, 6.45) is 0.589. The van der Waals surface area contributed by atoms with Crippen LogP contribution in [0.2, 0.25) is 0 Å². The Morgan fingerprint density at radius 1 is 1.42 bits per heavy atom. The highest BCUT2D eigenvalue weighted by molar-refractivity contribution is 7.80. The monoisotopic (exact) mass is 286 g/mol. The lowest BCUT2D eigenvalue weighted by atomic mass is 10.00. The van der Waals surface area contributed by atoms with Crippen molar-refractivity contribution in [2.75, 3.05) is 46.8 Å². The molecule has 110 valence electrons. The van der Waals surface area contributed by atoms with E-state index in [2.05, 4.69) is 30.7 Å². The summed E-state index contributed by atoms with van der Waals surface area (Å²) in [4.78, 5) is 18.8. The minimum atomic E-state index is 0.121. The van der Waals surface area contributed by atoms with Crippen LogP contribution in [-0.4, -0.2) is 78.0 Å². The zero-order chi connectivity index (χ0) is 14.6. The predicted octanol–water partition coefficient (Wildman–Crippen LogP) is 0.147. The van der Waals surface area contributed by atoms with Crippen LogP contribution in [0, 0.1) is 0 Å². The number of thiocarbonyl (C=S) groups is 1. The number of rotatable bonds is 5. The molecule has 0 aliphatic carbocycles. The van der Waals surface area contributed by atoms with Gasteiger partial charge in [0.25, 0.3) is 0 Å². The summed E-state index contributed by atoms with van der Waals surface area (Å²) >= 11 is 4.83. The van der Waals surface area contributed by atoms with Crippen molar-refractivity contribution >= 4 is 23.1 Å². The number of hydrogen-bond donors (Lipinski definition) is 1. The Labute approximate surface area is 121 Å². The quantitative estimate of drug-likeness (QED) is 0.729. The zero-order valence-electron chi connectivity index (χ0n) is 12.5. The third-order valence-electron chi connectivity index (χ3n) is 3.87. The van der Waals surface area contributed by atoms with Crippen LogP contribution in [0.1, 0.15) is 20.3 Å². The van der Waals surface area contributed by atoms with Crippen LogP contribution in [-0.2, 0) is 4.79 Å². The summed E-state index contributed by atoms with van der Waals surface area (Å²) in [7, 11) is 3.94. The van der Waals surface area contributed by atoms with Crippen molar-refractivity contribution in [1.29, 1.82) is 0 Å². The predicted molar refractivity (Wildman–Crippen MR) is 82.2 cm³/mol. The molecule has 0 aromatic rings. The lowest BCUT2D eigenvalue weighted by Gasteiger charge is -2.45. The second kappa shape index (κ2) is 6.63. The molecule has 1 aliphatic rings. The topological polar surface area (TPSA) is 52.8 Å². The molecule has 2 N–H and O–H groups in total. The van der Waals surface area contributed by atoms with Crippen LogP contribution >= 0.6 is 12.2 Å². The van der Waals surface area contributed by atoms with E-state index in [1.165, 1.54) is 0 Å². The van der Waals surface area contributed by atoms with E-state index in [1.807, 2.05) is 7.05 Å². The summed E-state index contributed by atoms with van der Waals surface area (Å²) in [5.41, 5.74) is 5.57. The standard InChI is InChI=1S/C13H26N4OS/c1-13(2)10-17(8-7-16(13)4)9-12(18)15(3)6-5-11(14)19/h5-10H2,1-4H3,(H2,14,19). The molecule has 0 bridgehead atoms. The first-order valence-corrected chi connectivity index (χ1v) is 7.09. The third-order valence-corrected chi connectivity index (χ3v) is 4.08. The highest BCUT2D eigenvalue weighted by atomic mass is 32.1. The number of likely N-dealkylation sites (N-methyl/N-ethyl adjacent to an activating group) is 2. The van der Waals surface area contributed by atoms with Crippen molar-refractivity contribution in [1.82, 2.24) is 14.7 Å². The molecule has 1 aliphatic heterocycles. The fraction of sp³-hybridized carbons (Fsp3) is 0.846. The van der Waals surface area contributed by atoms with Gasteiger partial charge in [0.05, 0.1) is 11.5 Å². The van der Waals surface area contributed by atoms with E-state index in [-0.39, 0.29) is 11.4 Å². The number of hydrogen-bond acceptors (Lipinski definition) is 4. The number of amides is 1. The first-order chi connectivity index (χ1) is 8.72. The Bertz CT molecular complexity index is 346.